The number of aromatic nitrogens is 3. The van der Waals surface area contributed by atoms with E-state index in [0.717, 1.165) is 71.7 Å². The maximum Gasteiger partial charge on any atom is 0.167 e. The predicted octanol–water partition coefficient (Wildman–Crippen LogP) is 4.41. The first-order chi connectivity index (χ1) is 15.2. The molecule has 1 N–H and O–H groups in total. The smallest absolute Gasteiger partial charge is 0.167 e. The van der Waals surface area contributed by atoms with E-state index in [9.17, 15) is 0 Å². The van der Waals surface area contributed by atoms with Gasteiger partial charge in [-0.15, -0.1) is 11.3 Å². The molecule has 31 heavy (non-hydrogen) atoms. The molecule has 1 fully saturated rings. The maximum absolute atomic E-state index is 5.54. The molecule has 4 heterocycles. The molecule has 0 amide bonds. The molecule has 1 aromatic carbocycles. The molecule has 1 saturated heterocycles. The second-order valence-corrected chi connectivity index (χ2v) is 8.95. The molecule has 8 heteroatoms. The van der Waals surface area contributed by atoms with Crippen LogP contribution in [0.25, 0.3) is 21.5 Å². The standard InChI is InChI=1S/C23H25N5O2S/c1-15-16(2)31-23-21(15)22(25-20(26-23)14-28-8-10-29-11-9-28)24-13-18-12-19(30-27-18)17-6-4-3-5-7-17/h3-7,12H,8-11,13-14H2,1-2H3,(H,24,25,26). The predicted molar refractivity (Wildman–Crippen MR) is 122 cm³/mol. The highest BCUT2D eigenvalue weighted by Crippen LogP contribution is 2.33. The number of fused-ring (bicyclic) bond motifs is 1. The van der Waals surface area contributed by atoms with E-state index in [2.05, 4.69) is 29.2 Å². The fourth-order valence-corrected chi connectivity index (χ4v) is 4.81. The van der Waals surface area contributed by atoms with Crippen LogP contribution >= 0.6 is 11.3 Å². The van der Waals surface area contributed by atoms with Gasteiger partial charge in [-0.05, 0) is 19.4 Å². The first-order valence-corrected chi connectivity index (χ1v) is 11.3. The Kier molecular flexibility index (Phi) is 5.67. The summed E-state index contributed by atoms with van der Waals surface area (Å²) in [4.78, 5) is 14.4. The van der Waals surface area contributed by atoms with Crippen molar-refractivity contribution in [3.05, 3.63) is 58.4 Å². The minimum Gasteiger partial charge on any atom is -0.379 e. The number of ether oxygens (including phenoxy) is 1. The SMILES string of the molecule is Cc1sc2nc(CN3CCOCC3)nc(NCc3cc(-c4ccccc4)on3)c2c1C. The van der Waals surface area contributed by atoms with E-state index >= 15 is 0 Å². The quantitative estimate of drug-likeness (QED) is 0.481. The zero-order valence-corrected chi connectivity index (χ0v) is 18.5. The van der Waals surface area contributed by atoms with Crippen molar-refractivity contribution in [3.8, 4) is 11.3 Å². The molecular formula is C23H25N5O2S. The van der Waals surface area contributed by atoms with Crippen molar-refractivity contribution in [2.75, 3.05) is 31.6 Å². The van der Waals surface area contributed by atoms with Gasteiger partial charge in [-0.2, -0.15) is 0 Å². The fourth-order valence-electron chi connectivity index (χ4n) is 3.76. The Hall–Kier alpha value is -2.81. The summed E-state index contributed by atoms with van der Waals surface area (Å²) in [6.07, 6.45) is 0. The van der Waals surface area contributed by atoms with Crippen LogP contribution in [0.3, 0.4) is 0 Å². The van der Waals surface area contributed by atoms with Crippen LogP contribution in [0.15, 0.2) is 40.9 Å². The molecule has 0 radical (unpaired) electrons. The molecule has 3 aromatic heterocycles. The summed E-state index contributed by atoms with van der Waals surface area (Å²) < 4.78 is 11.0. The zero-order chi connectivity index (χ0) is 21.2. The molecule has 4 aromatic rings. The average molecular weight is 436 g/mol. The number of benzene rings is 1. The van der Waals surface area contributed by atoms with Gasteiger partial charge < -0.3 is 14.6 Å². The summed E-state index contributed by atoms with van der Waals surface area (Å²) in [7, 11) is 0. The highest BCUT2D eigenvalue weighted by molar-refractivity contribution is 7.18. The Balaban J connectivity index is 1.39. The van der Waals surface area contributed by atoms with Gasteiger partial charge in [0.15, 0.2) is 5.76 Å². The van der Waals surface area contributed by atoms with Crippen LogP contribution in [0.1, 0.15) is 22.0 Å². The van der Waals surface area contributed by atoms with E-state index in [4.69, 9.17) is 19.2 Å². The molecule has 0 bridgehead atoms. The Morgan fingerprint density at radius 2 is 1.90 bits per heavy atom. The summed E-state index contributed by atoms with van der Waals surface area (Å²) in [6, 6.07) is 12.0. The first kappa shape index (κ1) is 20.1. The van der Waals surface area contributed by atoms with Crippen LogP contribution < -0.4 is 5.32 Å². The number of aryl methyl sites for hydroxylation is 2. The largest absolute Gasteiger partial charge is 0.379 e. The number of thiophene rings is 1. The summed E-state index contributed by atoms with van der Waals surface area (Å²) >= 11 is 1.72. The maximum atomic E-state index is 5.54. The van der Waals surface area contributed by atoms with Crippen molar-refractivity contribution in [1.82, 2.24) is 20.0 Å². The molecule has 160 valence electrons. The number of nitrogens with one attached hydrogen (secondary N) is 1. The number of hydrogen-bond donors (Lipinski definition) is 1. The van der Waals surface area contributed by atoms with E-state index < -0.39 is 0 Å². The van der Waals surface area contributed by atoms with Crippen molar-refractivity contribution in [2.24, 2.45) is 0 Å². The summed E-state index contributed by atoms with van der Waals surface area (Å²) in [5, 5.41) is 8.82. The van der Waals surface area contributed by atoms with Gasteiger partial charge in [0.25, 0.3) is 0 Å². The fraction of sp³-hybridized carbons (Fsp3) is 0.348. The van der Waals surface area contributed by atoms with Gasteiger partial charge in [-0.25, -0.2) is 9.97 Å². The normalized spacial score (nSPS) is 14.9. The molecule has 5 rings (SSSR count). The number of rotatable bonds is 6. The van der Waals surface area contributed by atoms with Crippen molar-refractivity contribution in [1.29, 1.82) is 0 Å². The monoisotopic (exact) mass is 435 g/mol. The topological polar surface area (TPSA) is 76.3 Å². The second-order valence-electron chi connectivity index (χ2n) is 7.74. The lowest BCUT2D eigenvalue weighted by Gasteiger charge is -2.25. The van der Waals surface area contributed by atoms with Crippen LogP contribution in [0.2, 0.25) is 0 Å². The second kappa shape index (κ2) is 8.74. The van der Waals surface area contributed by atoms with Gasteiger partial charge in [0, 0.05) is 29.6 Å². The van der Waals surface area contributed by atoms with Crippen LogP contribution in [0.4, 0.5) is 5.82 Å². The van der Waals surface area contributed by atoms with Crippen LogP contribution in [0.5, 0.6) is 0 Å². The van der Waals surface area contributed by atoms with Gasteiger partial charge in [-0.3, -0.25) is 4.90 Å². The Morgan fingerprint density at radius 3 is 2.71 bits per heavy atom. The molecule has 0 atom stereocenters. The summed E-state index contributed by atoms with van der Waals surface area (Å²) in [5.74, 6) is 2.46. The van der Waals surface area contributed by atoms with Crippen molar-refractivity contribution in [2.45, 2.75) is 26.9 Å². The van der Waals surface area contributed by atoms with Crippen molar-refractivity contribution in [3.63, 3.8) is 0 Å². The molecule has 0 unspecified atom stereocenters. The van der Waals surface area contributed by atoms with Crippen LogP contribution in [-0.4, -0.2) is 46.3 Å². The van der Waals surface area contributed by atoms with Gasteiger partial charge in [-0.1, -0.05) is 35.5 Å². The third-order valence-corrected chi connectivity index (χ3v) is 6.70. The first-order valence-electron chi connectivity index (χ1n) is 10.5. The van der Waals surface area contributed by atoms with E-state index in [-0.39, 0.29) is 0 Å². The van der Waals surface area contributed by atoms with Crippen LogP contribution in [-0.2, 0) is 17.8 Å². The lowest BCUT2D eigenvalue weighted by molar-refractivity contribution is 0.0331. The lowest BCUT2D eigenvalue weighted by Crippen LogP contribution is -2.36. The minimum atomic E-state index is 0.535. The van der Waals surface area contributed by atoms with E-state index in [1.165, 1.54) is 10.4 Å². The minimum absolute atomic E-state index is 0.535. The van der Waals surface area contributed by atoms with E-state index in [1.807, 2.05) is 36.4 Å². The Labute approximate surface area is 185 Å². The lowest BCUT2D eigenvalue weighted by atomic mass is 10.1. The summed E-state index contributed by atoms with van der Waals surface area (Å²) in [5.41, 5.74) is 3.08. The molecule has 0 saturated carbocycles. The highest BCUT2D eigenvalue weighted by Gasteiger charge is 2.18. The van der Waals surface area contributed by atoms with Gasteiger partial charge >= 0.3 is 0 Å². The average Bonchev–Trinajstić information content (AvgIpc) is 3.38. The molecule has 0 spiro atoms. The number of anilines is 1. The van der Waals surface area contributed by atoms with Gasteiger partial charge in [0.1, 0.15) is 22.2 Å². The third kappa shape index (κ3) is 4.32. The number of nitrogens with zero attached hydrogens (tertiary/aromatic N) is 4. The van der Waals surface area contributed by atoms with Crippen molar-refractivity contribution < 1.29 is 9.26 Å². The molecular weight excluding hydrogens is 410 g/mol. The molecule has 7 nitrogen and oxygen atoms in total. The highest BCUT2D eigenvalue weighted by atomic mass is 32.1. The number of morpholine rings is 1. The number of hydrogen-bond acceptors (Lipinski definition) is 8. The molecule has 1 aliphatic rings. The van der Waals surface area contributed by atoms with Crippen molar-refractivity contribution >= 4 is 27.4 Å². The van der Waals surface area contributed by atoms with E-state index in [1.54, 1.807) is 11.3 Å². The van der Waals surface area contributed by atoms with Gasteiger partial charge in [0.05, 0.1) is 31.7 Å². The molecule has 1 aliphatic heterocycles. The Morgan fingerprint density at radius 1 is 1.10 bits per heavy atom. The molecule has 0 aliphatic carbocycles. The zero-order valence-electron chi connectivity index (χ0n) is 17.7. The summed E-state index contributed by atoms with van der Waals surface area (Å²) in [6.45, 7) is 8.88. The van der Waals surface area contributed by atoms with E-state index in [0.29, 0.717) is 6.54 Å². The van der Waals surface area contributed by atoms with Gasteiger partial charge in [0.2, 0.25) is 0 Å². The van der Waals surface area contributed by atoms with Crippen LogP contribution in [0, 0.1) is 13.8 Å². The third-order valence-electron chi connectivity index (χ3n) is 5.60. The Bertz CT molecular complexity index is 1180.